The molecule has 0 aliphatic heterocycles. The zero-order valence-corrected chi connectivity index (χ0v) is 15.9. The first kappa shape index (κ1) is 20.5. The highest BCUT2D eigenvalue weighted by molar-refractivity contribution is 7.92. The summed E-state index contributed by atoms with van der Waals surface area (Å²) in [4.78, 5) is 3.47. The third kappa shape index (κ3) is 4.27. The number of benzene rings is 1. The van der Waals surface area contributed by atoms with Crippen LogP contribution in [0.25, 0.3) is 0 Å². The standard InChI is InChI=1S/C18H18F4N2O3S/c1-10-13(17(27-2)11-3-4-11)6-8-16(23-10)24-28(25,26)12-5-7-15(19)14(9-12)18(20,21)22/h5-9,11,17H,3-4H2,1-2H3,(H,23,24). The molecule has 3 rings (SSSR count). The van der Waals surface area contributed by atoms with Gasteiger partial charge in [-0.2, -0.15) is 13.2 Å². The van der Waals surface area contributed by atoms with Crippen LogP contribution in [0.2, 0.25) is 0 Å². The molecule has 1 fully saturated rings. The average Bonchev–Trinajstić information content (AvgIpc) is 3.41. The molecule has 28 heavy (non-hydrogen) atoms. The second kappa shape index (κ2) is 7.32. The van der Waals surface area contributed by atoms with Gasteiger partial charge in [0.25, 0.3) is 10.0 Å². The first-order valence-corrected chi connectivity index (χ1v) is 9.91. The van der Waals surface area contributed by atoms with Crippen molar-refractivity contribution >= 4 is 15.8 Å². The van der Waals surface area contributed by atoms with Gasteiger partial charge in [0.15, 0.2) is 0 Å². The zero-order chi connectivity index (χ0) is 20.7. The van der Waals surface area contributed by atoms with Gasteiger partial charge in [-0.25, -0.2) is 17.8 Å². The van der Waals surface area contributed by atoms with Crippen molar-refractivity contribution in [1.29, 1.82) is 0 Å². The van der Waals surface area contributed by atoms with Gasteiger partial charge in [-0.3, -0.25) is 4.72 Å². The van der Waals surface area contributed by atoms with Gasteiger partial charge in [0.2, 0.25) is 0 Å². The van der Waals surface area contributed by atoms with Crippen molar-refractivity contribution in [2.45, 2.75) is 36.9 Å². The van der Waals surface area contributed by atoms with E-state index in [1.807, 2.05) is 0 Å². The van der Waals surface area contributed by atoms with Gasteiger partial charge >= 0.3 is 6.18 Å². The Morgan fingerprint density at radius 1 is 1.21 bits per heavy atom. The molecule has 0 bridgehead atoms. The summed E-state index contributed by atoms with van der Waals surface area (Å²) in [5.74, 6) is -1.20. The van der Waals surface area contributed by atoms with Crippen molar-refractivity contribution in [3.63, 3.8) is 0 Å². The molecule has 1 saturated carbocycles. The number of aromatic nitrogens is 1. The molecular weight excluding hydrogens is 400 g/mol. The minimum Gasteiger partial charge on any atom is -0.376 e. The van der Waals surface area contributed by atoms with Gasteiger partial charge in [-0.15, -0.1) is 0 Å². The van der Waals surface area contributed by atoms with Crippen LogP contribution in [0.4, 0.5) is 23.4 Å². The van der Waals surface area contributed by atoms with E-state index in [2.05, 4.69) is 9.71 Å². The van der Waals surface area contributed by atoms with Crippen LogP contribution in [0, 0.1) is 18.7 Å². The summed E-state index contributed by atoms with van der Waals surface area (Å²) in [5.41, 5.74) is -0.273. The molecule has 1 aromatic carbocycles. The molecule has 0 spiro atoms. The summed E-state index contributed by atoms with van der Waals surface area (Å²) >= 11 is 0. The van der Waals surface area contributed by atoms with E-state index in [0.29, 0.717) is 17.7 Å². The monoisotopic (exact) mass is 418 g/mol. The highest BCUT2D eigenvalue weighted by atomic mass is 32.2. The SMILES string of the molecule is COC(c1ccc(NS(=O)(=O)c2ccc(F)c(C(F)(F)F)c2)nc1C)C1CC1. The lowest BCUT2D eigenvalue weighted by Gasteiger charge is -2.18. The minimum absolute atomic E-state index is 0.0511. The van der Waals surface area contributed by atoms with Crippen molar-refractivity contribution in [1.82, 2.24) is 4.98 Å². The molecule has 10 heteroatoms. The molecule has 1 unspecified atom stereocenters. The molecule has 0 saturated heterocycles. The van der Waals surface area contributed by atoms with Crippen LogP contribution < -0.4 is 4.72 Å². The minimum atomic E-state index is -5.01. The highest BCUT2D eigenvalue weighted by Crippen LogP contribution is 2.43. The third-order valence-corrected chi connectivity index (χ3v) is 5.88. The molecule has 0 radical (unpaired) electrons. The fraction of sp³-hybridized carbons (Fsp3) is 0.389. The van der Waals surface area contributed by atoms with Crippen LogP contribution in [0.5, 0.6) is 0 Å². The maximum absolute atomic E-state index is 13.4. The lowest BCUT2D eigenvalue weighted by atomic mass is 10.0. The number of ether oxygens (including phenoxy) is 1. The van der Waals surface area contributed by atoms with E-state index in [-0.39, 0.29) is 18.0 Å². The first-order valence-electron chi connectivity index (χ1n) is 8.43. The average molecular weight is 418 g/mol. The Labute approximate surface area is 159 Å². The quantitative estimate of drug-likeness (QED) is 0.704. The van der Waals surface area contributed by atoms with Gasteiger partial charge in [0.1, 0.15) is 11.6 Å². The predicted molar refractivity (Wildman–Crippen MR) is 93.7 cm³/mol. The van der Waals surface area contributed by atoms with Gasteiger partial charge < -0.3 is 4.74 Å². The lowest BCUT2D eigenvalue weighted by molar-refractivity contribution is -0.140. The topological polar surface area (TPSA) is 68.3 Å². The van der Waals surface area contributed by atoms with Crippen LogP contribution in [-0.4, -0.2) is 20.5 Å². The molecule has 1 atom stereocenters. The van der Waals surface area contributed by atoms with Crippen LogP contribution in [0.15, 0.2) is 35.2 Å². The van der Waals surface area contributed by atoms with E-state index in [9.17, 15) is 26.0 Å². The Morgan fingerprint density at radius 3 is 2.43 bits per heavy atom. The van der Waals surface area contributed by atoms with Crippen LogP contribution in [-0.2, 0) is 20.9 Å². The molecule has 1 heterocycles. The number of halogens is 4. The van der Waals surface area contributed by atoms with E-state index in [0.717, 1.165) is 24.5 Å². The largest absolute Gasteiger partial charge is 0.419 e. The van der Waals surface area contributed by atoms with Crippen molar-refractivity contribution in [2.24, 2.45) is 5.92 Å². The second-order valence-electron chi connectivity index (χ2n) is 6.61. The number of anilines is 1. The molecule has 0 amide bonds. The molecule has 1 aliphatic carbocycles. The zero-order valence-electron chi connectivity index (χ0n) is 15.0. The Morgan fingerprint density at radius 2 is 1.89 bits per heavy atom. The number of pyridine rings is 1. The first-order chi connectivity index (χ1) is 13.0. The molecule has 5 nitrogen and oxygen atoms in total. The van der Waals surface area contributed by atoms with Crippen LogP contribution in [0.3, 0.4) is 0 Å². The number of nitrogens with one attached hydrogen (secondary N) is 1. The summed E-state index contributed by atoms with van der Waals surface area (Å²) in [6, 6.07) is 4.59. The molecule has 152 valence electrons. The lowest BCUT2D eigenvalue weighted by Crippen LogP contribution is -2.17. The normalized spacial score (nSPS) is 16.1. The fourth-order valence-electron chi connectivity index (χ4n) is 2.99. The predicted octanol–water partition coefficient (Wildman–Crippen LogP) is 4.45. The van der Waals surface area contributed by atoms with Gasteiger partial charge in [-0.05, 0) is 49.9 Å². The summed E-state index contributed by atoms with van der Waals surface area (Å²) in [6.45, 7) is 1.70. The molecule has 1 aromatic heterocycles. The third-order valence-electron chi connectivity index (χ3n) is 4.53. The number of sulfonamides is 1. The second-order valence-corrected chi connectivity index (χ2v) is 8.29. The van der Waals surface area contributed by atoms with E-state index >= 15 is 0 Å². The van der Waals surface area contributed by atoms with Gasteiger partial charge in [0.05, 0.1) is 16.6 Å². The van der Waals surface area contributed by atoms with Gasteiger partial charge in [-0.1, -0.05) is 6.07 Å². The summed E-state index contributed by atoms with van der Waals surface area (Å²) in [5, 5.41) is 0. The number of hydrogen-bond acceptors (Lipinski definition) is 4. The Bertz CT molecular complexity index is 989. The molecule has 1 aliphatic rings. The molecular formula is C18H18F4N2O3S. The molecule has 1 N–H and O–H groups in total. The van der Waals surface area contributed by atoms with Crippen molar-refractivity contribution in [3.8, 4) is 0 Å². The van der Waals surface area contributed by atoms with Crippen LogP contribution in [0.1, 0.15) is 35.8 Å². The molecule has 2 aromatic rings. The van der Waals surface area contributed by atoms with E-state index in [4.69, 9.17) is 4.74 Å². The number of methoxy groups -OCH3 is 1. The van der Waals surface area contributed by atoms with Crippen molar-refractivity contribution in [2.75, 3.05) is 11.8 Å². The number of alkyl halides is 3. The Balaban J connectivity index is 1.88. The van der Waals surface area contributed by atoms with E-state index < -0.39 is 32.5 Å². The van der Waals surface area contributed by atoms with Gasteiger partial charge in [0, 0.05) is 18.4 Å². The van der Waals surface area contributed by atoms with E-state index in [1.54, 1.807) is 20.1 Å². The van der Waals surface area contributed by atoms with Crippen molar-refractivity contribution in [3.05, 3.63) is 53.0 Å². The number of aryl methyl sites for hydroxylation is 1. The van der Waals surface area contributed by atoms with Crippen LogP contribution >= 0.6 is 0 Å². The number of hydrogen-bond donors (Lipinski definition) is 1. The smallest absolute Gasteiger partial charge is 0.376 e. The maximum atomic E-state index is 13.4. The summed E-state index contributed by atoms with van der Waals surface area (Å²) in [6.07, 6.45) is -3.06. The number of nitrogens with zero attached hydrogens (tertiary/aromatic N) is 1. The summed E-state index contributed by atoms with van der Waals surface area (Å²) in [7, 11) is -2.79. The number of rotatable bonds is 6. The van der Waals surface area contributed by atoms with E-state index in [1.165, 1.54) is 6.07 Å². The summed E-state index contributed by atoms with van der Waals surface area (Å²) < 4.78 is 84.4. The van der Waals surface area contributed by atoms with Crippen molar-refractivity contribution < 1.29 is 30.7 Å². The Hall–Kier alpha value is -2.20. The Kier molecular flexibility index (Phi) is 5.37. The maximum Gasteiger partial charge on any atom is 0.419 e. The fourth-order valence-corrected chi connectivity index (χ4v) is 4.01. The highest BCUT2D eigenvalue weighted by Gasteiger charge is 2.36.